The van der Waals surface area contributed by atoms with E-state index in [9.17, 15) is 43.9 Å². The predicted octanol–water partition coefficient (Wildman–Crippen LogP) is -4.31. The zero-order chi connectivity index (χ0) is 25.8. The monoisotopic (exact) mass is 536 g/mol. The molecule has 1 aromatic heterocycles. The van der Waals surface area contributed by atoms with E-state index in [4.69, 9.17) is 24.2 Å². The molecule has 0 radical (unpaired) electrons. The lowest BCUT2D eigenvalue weighted by atomic mass is 10.1. The number of phosphoric ester groups is 1. The molecule has 2 heterocycles. The Labute approximate surface area is 188 Å². The van der Waals surface area contributed by atoms with Gasteiger partial charge in [0.1, 0.15) is 36.6 Å². The number of carbonyl (C=O) groups is 1. The highest BCUT2D eigenvalue weighted by Gasteiger charge is 2.46. The van der Waals surface area contributed by atoms with Crippen molar-refractivity contribution in [1.82, 2.24) is 9.55 Å². The van der Waals surface area contributed by atoms with Crippen molar-refractivity contribution >= 4 is 21.9 Å². The molecule has 0 amide bonds. The second kappa shape index (κ2) is 11.4. The van der Waals surface area contributed by atoms with Crippen molar-refractivity contribution in [2.45, 2.75) is 42.9 Å². The van der Waals surface area contributed by atoms with Crippen molar-refractivity contribution < 1.29 is 67.3 Å². The van der Waals surface area contributed by atoms with Crippen molar-refractivity contribution in [1.29, 1.82) is 0 Å². The Kier molecular flexibility index (Phi) is 9.59. The van der Waals surface area contributed by atoms with Gasteiger partial charge in [-0.2, -0.15) is 4.31 Å². The molecule has 20 heteroatoms. The van der Waals surface area contributed by atoms with Gasteiger partial charge in [0.15, 0.2) is 12.5 Å². The van der Waals surface area contributed by atoms with Crippen LogP contribution in [-0.2, 0) is 32.0 Å². The van der Waals surface area contributed by atoms with E-state index in [-0.39, 0.29) is 6.29 Å². The van der Waals surface area contributed by atoms with E-state index >= 15 is 0 Å². The number of rotatable bonds is 12. The van der Waals surface area contributed by atoms with Gasteiger partial charge in [0.25, 0.3) is 5.56 Å². The van der Waals surface area contributed by atoms with Gasteiger partial charge in [0.2, 0.25) is 0 Å². The van der Waals surface area contributed by atoms with Gasteiger partial charge >= 0.3 is 21.3 Å². The molecule has 8 N–H and O–H groups in total. The average Bonchev–Trinajstić information content (AvgIpc) is 3.02. The van der Waals surface area contributed by atoms with E-state index in [1.165, 1.54) is 0 Å². The van der Waals surface area contributed by atoms with Crippen LogP contribution < -0.4 is 11.2 Å². The third-order valence-corrected chi connectivity index (χ3v) is 6.93. The van der Waals surface area contributed by atoms with E-state index < -0.39 is 83.0 Å². The molecular weight excluding hydrogens is 514 g/mol. The Balaban J connectivity index is 2.12. The highest BCUT2D eigenvalue weighted by molar-refractivity contribution is 7.61. The number of aromatic amines is 1. The summed E-state index contributed by atoms with van der Waals surface area (Å²) in [5.41, 5.74) is -1.76. The third-order valence-electron chi connectivity index (χ3n) is 4.35. The van der Waals surface area contributed by atoms with Gasteiger partial charge in [-0.05, 0) is 0 Å². The number of aliphatic hydroxyl groups is 5. The number of ether oxygens (including phenoxy) is 1. The van der Waals surface area contributed by atoms with E-state index in [1.807, 2.05) is 4.98 Å². The van der Waals surface area contributed by atoms with Gasteiger partial charge < -0.3 is 44.9 Å². The molecule has 0 spiro atoms. The summed E-state index contributed by atoms with van der Waals surface area (Å²) < 4.78 is 42.9. The molecule has 34 heavy (non-hydrogen) atoms. The third kappa shape index (κ3) is 7.43. The Hall–Kier alpha value is -1.63. The standard InChI is InChI=1S/C14H22N2O16P2/c17-3-6(18)10(21)7(19)4-29-34(28,32-33(25,26)27)30-5-8-11(22)12(23)13(31-8)16-2-1-9(20)15-14(16)24/h1-3,6-8,10-13,18-19,21-23H,4-5H2,(H,15,20,24)(H2,25,26,27)/t6-,7+,8+,10+,11+,12+,13+,34?/m0/s1. The fraction of sp³-hybridized carbons (Fsp3) is 0.643. The summed E-state index contributed by atoms with van der Waals surface area (Å²) in [5.74, 6) is 0. The minimum absolute atomic E-state index is 0.135. The number of aromatic nitrogens is 2. The molecule has 2 rings (SSSR count). The van der Waals surface area contributed by atoms with Crippen molar-refractivity contribution in [3.63, 3.8) is 0 Å². The van der Waals surface area contributed by atoms with E-state index in [1.54, 1.807) is 0 Å². The van der Waals surface area contributed by atoms with Crippen LogP contribution in [0, 0.1) is 0 Å². The molecule has 1 aromatic rings. The summed E-state index contributed by atoms with van der Waals surface area (Å²) in [6.45, 7) is -2.23. The summed E-state index contributed by atoms with van der Waals surface area (Å²) in [5, 5.41) is 48.6. The molecule has 18 nitrogen and oxygen atoms in total. The molecule has 1 aliphatic rings. The number of hydrogen-bond acceptors (Lipinski definition) is 14. The van der Waals surface area contributed by atoms with E-state index in [0.717, 1.165) is 12.3 Å². The Morgan fingerprint density at radius 1 is 1.15 bits per heavy atom. The van der Waals surface area contributed by atoms with Crippen LogP contribution in [0.1, 0.15) is 6.23 Å². The topological polar surface area (TPSA) is 285 Å². The summed E-state index contributed by atoms with van der Waals surface area (Å²) in [6, 6.07) is 0.922. The van der Waals surface area contributed by atoms with E-state index in [2.05, 4.69) is 8.83 Å². The Bertz CT molecular complexity index is 1050. The first-order chi connectivity index (χ1) is 15.7. The van der Waals surface area contributed by atoms with Crippen molar-refractivity contribution in [3.8, 4) is 0 Å². The smallest absolute Gasteiger partial charge is 0.388 e. The van der Waals surface area contributed by atoms with Gasteiger partial charge in [-0.1, -0.05) is 0 Å². The molecule has 0 aromatic carbocycles. The van der Waals surface area contributed by atoms with Crippen molar-refractivity contribution in [3.05, 3.63) is 33.1 Å². The van der Waals surface area contributed by atoms with Crippen LogP contribution in [0.5, 0.6) is 0 Å². The minimum atomic E-state index is -5.55. The molecule has 194 valence electrons. The largest absolute Gasteiger partial charge is 0.483 e. The molecule has 1 aliphatic heterocycles. The maximum absolute atomic E-state index is 12.6. The van der Waals surface area contributed by atoms with Crippen LogP contribution in [-0.4, -0.2) is 101 Å². The fourth-order valence-corrected chi connectivity index (χ4v) is 4.84. The van der Waals surface area contributed by atoms with Crippen LogP contribution in [0.4, 0.5) is 0 Å². The number of H-pyrrole nitrogens is 1. The van der Waals surface area contributed by atoms with Gasteiger partial charge in [0, 0.05) is 12.3 Å². The maximum atomic E-state index is 12.6. The first-order valence-electron chi connectivity index (χ1n) is 9.16. The number of nitrogens with zero attached hydrogens (tertiary/aromatic N) is 1. The quantitative estimate of drug-likeness (QED) is 0.0926. The van der Waals surface area contributed by atoms with Gasteiger partial charge in [-0.25, -0.2) is 13.9 Å². The van der Waals surface area contributed by atoms with Crippen LogP contribution >= 0.6 is 15.6 Å². The van der Waals surface area contributed by atoms with Gasteiger partial charge in [0.05, 0.1) is 13.2 Å². The molecule has 0 bridgehead atoms. The summed E-state index contributed by atoms with van der Waals surface area (Å²) in [6.07, 6.45) is -12.2. The van der Waals surface area contributed by atoms with Crippen LogP contribution in [0.2, 0.25) is 0 Å². The fourth-order valence-electron chi connectivity index (χ4n) is 2.68. The number of hydrogen-bond donors (Lipinski definition) is 8. The zero-order valence-electron chi connectivity index (χ0n) is 16.8. The van der Waals surface area contributed by atoms with E-state index in [0.29, 0.717) is 4.57 Å². The highest BCUT2D eigenvalue weighted by Crippen LogP contribution is 2.61. The number of aldehydes is 1. The first-order valence-corrected chi connectivity index (χ1v) is 12.1. The molecule has 8 atom stereocenters. The molecule has 0 aliphatic carbocycles. The SMILES string of the molecule is O=C[C@H](O)[C@@H](O)[C@H](O)COP(=O)(OC[C@H]1O[C@@H](n2ccc(=O)[nH]c2=O)[C@H](O)[C@@H]1O)OP(=O)(O)O. The van der Waals surface area contributed by atoms with Crippen molar-refractivity contribution in [2.75, 3.05) is 13.2 Å². The normalized spacial score (nSPS) is 27.6. The van der Waals surface area contributed by atoms with Gasteiger partial charge in [-0.3, -0.25) is 23.4 Å². The Morgan fingerprint density at radius 2 is 1.79 bits per heavy atom. The highest BCUT2D eigenvalue weighted by atomic mass is 31.3. The van der Waals surface area contributed by atoms with Crippen LogP contribution in [0.25, 0.3) is 0 Å². The molecule has 1 saturated heterocycles. The maximum Gasteiger partial charge on any atom is 0.483 e. The van der Waals surface area contributed by atoms with Gasteiger partial charge in [-0.15, -0.1) is 0 Å². The first kappa shape index (κ1) is 28.6. The van der Waals surface area contributed by atoms with Crippen LogP contribution in [0.3, 0.4) is 0 Å². The summed E-state index contributed by atoms with van der Waals surface area (Å²) in [4.78, 5) is 53.3. The molecular formula is C14H22N2O16P2. The second-order valence-electron chi connectivity index (χ2n) is 6.86. The number of phosphoric acid groups is 2. The number of carbonyl (C=O) groups excluding carboxylic acids is 1. The minimum Gasteiger partial charge on any atom is -0.388 e. The van der Waals surface area contributed by atoms with Crippen LogP contribution in [0.15, 0.2) is 21.9 Å². The average molecular weight is 536 g/mol. The zero-order valence-corrected chi connectivity index (χ0v) is 18.6. The summed E-state index contributed by atoms with van der Waals surface area (Å²) in [7, 11) is -10.8. The molecule has 1 fully saturated rings. The predicted molar refractivity (Wildman–Crippen MR) is 104 cm³/mol. The lowest BCUT2D eigenvalue weighted by Gasteiger charge is -2.24. The molecule has 1 unspecified atom stereocenters. The summed E-state index contributed by atoms with van der Waals surface area (Å²) >= 11 is 0. The second-order valence-corrected chi connectivity index (χ2v) is 9.90. The lowest BCUT2D eigenvalue weighted by Crippen LogP contribution is -2.40. The number of nitrogens with one attached hydrogen (secondary N) is 1. The Morgan fingerprint density at radius 3 is 2.35 bits per heavy atom. The molecule has 0 saturated carbocycles. The lowest BCUT2D eigenvalue weighted by molar-refractivity contribution is -0.127. The van der Waals surface area contributed by atoms with Crippen molar-refractivity contribution in [2.24, 2.45) is 0 Å². The number of aliphatic hydroxyl groups excluding tert-OH is 5.